The third-order valence-electron chi connectivity index (χ3n) is 6.85. The van der Waals surface area contributed by atoms with Crippen molar-refractivity contribution in [3.63, 3.8) is 0 Å². The molecule has 4 rings (SSSR count). The van der Waals surface area contributed by atoms with Gasteiger partial charge >= 0.3 is 5.97 Å². The summed E-state index contributed by atoms with van der Waals surface area (Å²) in [6.45, 7) is 4.47. The van der Waals surface area contributed by atoms with Crippen LogP contribution in [0.2, 0.25) is 5.02 Å². The quantitative estimate of drug-likeness (QED) is 0.388. The lowest BCUT2D eigenvalue weighted by molar-refractivity contribution is -0.139. The largest absolute Gasteiger partial charge is 0.481 e. The number of likely N-dealkylation sites (N-methyl/N-ethyl adjacent to an activating group) is 1. The number of halogens is 1. The second kappa shape index (κ2) is 13.4. The van der Waals surface area contributed by atoms with E-state index < -0.39 is 30.2 Å². The van der Waals surface area contributed by atoms with Crippen LogP contribution in [-0.4, -0.2) is 89.6 Å². The fraction of sp³-hybridized carbons (Fsp3) is 0.310. The first-order valence-corrected chi connectivity index (χ1v) is 13.4. The smallest absolute Gasteiger partial charge is 0.305 e. The maximum Gasteiger partial charge on any atom is 0.305 e. The van der Waals surface area contributed by atoms with Crippen molar-refractivity contribution in [1.82, 2.24) is 19.7 Å². The Morgan fingerprint density at radius 3 is 2.27 bits per heavy atom. The first kappa shape index (κ1) is 29.0. The molecule has 1 saturated heterocycles. The number of hydrogen-bond acceptors (Lipinski definition) is 6. The molecule has 1 fully saturated rings. The van der Waals surface area contributed by atoms with Crippen molar-refractivity contribution in [2.45, 2.75) is 12.5 Å². The molecule has 3 aromatic rings. The van der Waals surface area contributed by atoms with Crippen LogP contribution in [0.1, 0.15) is 16.8 Å². The van der Waals surface area contributed by atoms with Crippen molar-refractivity contribution < 1.29 is 19.5 Å². The Hall–Kier alpha value is -3.99. The van der Waals surface area contributed by atoms with E-state index in [4.69, 9.17) is 11.6 Å². The number of carboxylic acids is 1. The zero-order chi connectivity index (χ0) is 28.6. The highest BCUT2D eigenvalue weighted by molar-refractivity contribution is 6.30. The second-order valence-corrected chi connectivity index (χ2v) is 10.1. The molecule has 1 atom stereocenters. The lowest BCUT2D eigenvalue weighted by Crippen LogP contribution is -2.52. The van der Waals surface area contributed by atoms with E-state index in [0.717, 1.165) is 26.2 Å². The van der Waals surface area contributed by atoms with Crippen LogP contribution < -0.4 is 15.8 Å². The molecule has 40 heavy (non-hydrogen) atoms. The van der Waals surface area contributed by atoms with Crippen LogP contribution in [0.4, 0.5) is 5.69 Å². The number of nitrogens with zero attached hydrogens (tertiary/aromatic N) is 4. The Balaban J connectivity index is 1.52. The molecule has 2 aromatic carbocycles. The third-order valence-corrected chi connectivity index (χ3v) is 7.10. The molecule has 1 aliphatic heterocycles. The highest BCUT2D eigenvalue weighted by Gasteiger charge is 2.30. The molecule has 10 nitrogen and oxygen atoms in total. The number of piperazine rings is 1. The minimum absolute atomic E-state index is 0.217. The molecule has 1 aromatic heterocycles. The summed E-state index contributed by atoms with van der Waals surface area (Å²) in [6, 6.07) is 16.5. The van der Waals surface area contributed by atoms with Gasteiger partial charge in [-0.3, -0.25) is 28.6 Å². The Morgan fingerprint density at radius 1 is 0.975 bits per heavy atom. The molecular weight excluding hydrogens is 534 g/mol. The number of rotatable bonds is 10. The molecule has 11 heteroatoms. The van der Waals surface area contributed by atoms with E-state index in [2.05, 4.69) is 22.2 Å². The predicted octanol–water partition coefficient (Wildman–Crippen LogP) is 2.34. The number of anilines is 1. The molecular formula is C29H32ClN5O5. The molecule has 1 aliphatic rings. The summed E-state index contributed by atoms with van der Waals surface area (Å²) in [7, 11) is 2.06. The van der Waals surface area contributed by atoms with Gasteiger partial charge in [0.25, 0.3) is 11.5 Å². The molecule has 0 radical (unpaired) electrons. The molecule has 210 valence electrons. The summed E-state index contributed by atoms with van der Waals surface area (Å²) in [5, 5.41) is 12.7. The van der Waals surface area contributed by atoms with E-state index in [1.54, 1.807) is 54.7 Å². The number of benzene rings is 2. The van der Waals surface area contributed by atoms with Crippen molar-refractivity contribution >= 4 is 35.1 Å². The van der Waals surface area contributed by atoms with Gasteiger partial charge in [0.15, 0.2) is 0 Å². The number of amides is 2. The standard InChI is InChI=1S/C29H32ClN5O5/c1-32-14-16-33(17-15-32)18-19-35(24-11-7-22(30)8-12-24)29(40)25(20-27(37)38)31-28(39)21-5-9-23(10-6-21)34-13-3-2-4-26(34)36/h2-13,25H,14-20H2,1H3,(H,31,39)(H,37,38)/t25-/m0/s1. The summed E-state index contributed by atoms with van der Waals surface area (Å²) < 4.78 is 1.43. The molecule has 0 spiro atoms. The van der Waals surface area contributed by atoms with Gasteiger partial charge in [0.1, 0.15) is 6.04 Å². The topological polar surface area (TPSA) is 115 Å². The summed E-state index contributed by atoms with van der Waals surface area (Å²) >= 11 is 6.07. The van der Waals surface area contributed by atoms with Crippen molar-refractivity contribution in [3.05, 3.63) is 93.9 Å². The van der Waals surface area contributed by atoms with Crippen LogP contribution >= 0.6 is 11.6 Å². The van der Waals surface area contributed by atoms with Gasteiger partial charge in [-0.25, -0.2) is 0 Å². The van der Waals surface area contributed by atoms with Gasteiger partial charge in [-0.2, -0.15) is 0 Å². The van der Waals surface area contributed by atoms with E-state index in [1.807, 2.05) is 0 Å². The highest BCUT2D eigenvalue weighted by Crippen LogP contribution is 2.20. The van der Waals surface area contributed by atoms with E-state index in [9.17, 15) is 24.3 Å². The molecule has 2 N–H and O–H groups in total. The van der Waals surface area contributed by atoms with Crippen molar-refractivity contribution in [1.29, 1.82) is 0 Å². The number of aliphatic carboxylic acids is 1. The van der Waals surface area contributed by atoms with Crippen molar-refractivity contribution in [2.24, 2.45) is 0 Å². The van der Waals surface area contributed by atoms with Crippen LogP contribution in [-0.2, 0) is 9.59 Å². The molecule has 0 unspecified atom stereocenters. The van der Waals surface area contributed by atoms with Gasteiger partial charge in [-0.05, 0) is 61.6 Å². The number of pyridine rings is 1. The molecule has 2 heterocycles. The number of carboxylic acid groups (broad SMARTS) is 1. The zero-order valence-electron chi connectivity index (χ0n) is 22.2. The molecule has 0 bridgehead atoms. The highest BCUT2D eigenvalue weighted by atomic mass is 35.5. The van der Waals surface area contributed by atoms with E-state index >= 15 is 0 Å². The van der Waals surface area contributed by atoms with Gasteiger partial charge in [0.05, 0.1) is 6.42 Å². The molecule has 2 amide bonds. The summed E-state index contributed by atoms with van der Waals surface area (Å²) in [6.07, 6.45) is 1.03. The third kappa shape index (κ3) is 7.56. The van der Waals surface area contributed by atoms with Crippen LogP contribution in [0.3, 0.4) is 0 Å². The Labute approximate surface area is 237 Å². The normalized spacial score (nSPS) is 14.8. The molecule has 0 aliphatic carbocycles. The Kier molecular flexibility index (Phi) is 9.70. The minimum Gasteiger partial charge on any atom is -0.481 e. The Bertz CT molecular complexity index is 1380. The van der Waals surface area contributed by atoms with Crippen LogP contribution in [0.15, 0.2) is 77.7 Å². The van der Waals surface area contributed by atoms with Crippen LogP contribution in [0.25, 0.3) is 5.69 Å². The van der Waals surface area contributed by atoms with Crippen molar-refractivity contribution in [2.75, 3.05) is 51.2 Å². The van der Waals surface area contributed by atoms with Gasteiger partial charge in [0, 0.05) is 73.5 Å². The van der Waals surface area contributed by atoms with E-state index in [1.165, 1.54) is 27.7 Å². The van der Waals surface area contributed by atoms with E-state index in [0.29, 0.717) is 29.5 Å². The van der Waals surface area contributed by atoms with Crippen LogP contribution in [0, 0.1) is 0 Å². The number of aromatic nitrogens is 1. The fourth-order valence-electron chi connectivity index (χ4n) is 4.52. The summed E-state index contributed by atoms with van der Waals surface area (Å²) in [5.41, 5.74) is 1.14. The van der Waals surface area contributed by atoms with Gasteiger partial charge in [-0.15, -0.1) is 0 Å². The average Bonchev–Trinajstić information content (AvgIpc) is 2.94. The maximum atomic E-state index is 13.8. The van der Waals surface area contributed by atoms with Crippen molar-refractivity contribution in [3.8, 4) is 5.69 Å². The van der Waals surface area contributed by atoms with E-state index in [-0.39, 0.29) is 11.1 Å². The lowest BCUT2D eigenvalue weighted by Gasteiger charge is -2.34. The first-order chi connectivity index (χ1) is 19.2. The minimum atomic E-state index is -1.30. The number of carbonyl (C=O) groups is 3. The number of carbonyl (C=O) groups excluding carboxylic acids is 2. The SMILES string of the molecule is CN1CCN(CCN(C(=O)[C@H](CC(=O)O)NC(=O)c2ccc(-n3ccccc3=O)cc2)c2ccc(Cl)cc2)CC1. The van der Waals surface area contributed by atoms with Crippen LogP contribution in [0.5, 0.6) is 0 Å². The monoisotopic (exact) mass is 565 g/mol. The summed E-state index contributed by atoms with van der Waals surface area (Å²) in [4.78, 5) is 56.7. The average molecular weight is 566 g/mol. The predicted molar refractivity (Wildman–Crippen MR) is 153 cm³/mol. The number of nitrogens with one attached hydrogen (secondary N) is 1. The zero-order valence-corrected chi connectivity index (χ0v) is 23.0. The Morgan fingerprint density at radius 2 is 1.65 bits per heavy atom. The van der Waals surface area contributed by atoms with Gasteiger partial charge < -0.3 is 20.2 Å². The summed E-state index contributed by atoms with van der Waals surface area (Å²) in [5.74, 6) is -2.34. The lowest BCUT2D eigenvalue weighted by atomic mass is 10.1. The first-order valence-electron chi connectivity index (χ1n) is 13.0. The maximum absolute atomic E-state index is 13.8. The molecule has 0 saturated carbocycles. The second-order valence-electron chi connectivity index (χ2n) is 9.69. The fourth-order valence-corrected chi connectivity index (χ4v) is 4.64. The van der Waals surface area contributed by atoms with Gasteiger partial charge in [-0.1, -0.05) is 17.7 Å². The van der Waals surface area contributed by atoms with Gasteiger partial charge in [0.2, 0.25) is 5.91 Å². The number of hydrogen-bond donors (Lipinski definition) is 2.